The van der Waals surface area contributed by atoms with Gasteiger partial charge in [-0.05, 0) is 17.7 Å². The second-order valence-corrected chi connectivity index (χ2v) is 5.36. The third kappa shape index (κ3) is 5.67. The van der Waals surface area contributed by atoms with Crippen molar-refractivity contribution >= 4 is 0 Å². The lowest BCUT2D eigenvalue weighted by Crippen LogP contribution is -2.52. The van der Waals surface area contributed by atoms with Crippen molar-refractivity contribution in [3.63, 3.8) is 0 Å². The van der Waals surface area contributed by atoms with Crippen LogP contribution in [0.3, 0.4) is 0 Å². The Bertz CT molecular complexity index is 586. The minimum absolute atomic E-state index is 0.0567. The van der Waals surface area contributed by atoms with Gasteiger partial charge in [0.1, 0.15) is 6.61 Å². The summed E-state index contributed by atoms with van der Waals surface area (Å²) in [7, 11) is 0. The molecule has 0 aromatic heterocycles. The Morgan fingerprint density at radius 2 is 2.17 bits per heavy atom. The first-order chi connectivity index (χ1) is 11.4. The summed E-state index contributed by atoms with van der Waals surface area (Å²) >= 11 is 0. The first-order valence-electron chi connectivity index (χ1n) is 7.39. The second kappa shape index (κ2) is 8.33. The number of benzene rings is 1. The SMILES string of the molecule is C#CCOCC1CNCCN1Cc1ccc(OC(F)(F)F)c(F)c1. The molecule has 0 aliphatic carbocycles. The number of terminal acetylenes is 1. The number of hydrogen-bond donors (Lipinski definition) is 1. The van der Waals surface area contributed by atoms with Crippen LogP contribution in [0.25, 0.3) is 0 Å². The number of rotatable bonds is 6. The first kappa shape index (κ1) is 18.5. The Hall–Kier alpha value is -1.82. The minimum Gasteiger partial charge on any atom is -0.403 e. The van der Waals surface area contributed by atoms with E-state index in [4.69, 9.17) is 11.2 Å². The van der Waals surface area contributed by atoms with Gasteiger partial charge in [-0.2, -0.15) is 0 Å². The van der Waals surface area contributed by atoms with Gasteiger partial charge in [0.05, 0.1) is 6.61 Å². The Morgan fingerprint density at radius 3 is 2.83 bits per heavy atom. The second-order valence-electron chi connectivity index (χ2n) is 5.36. The van der Waals surface area contributed by atoms with Crippen molar-refractivity contribution in [1.82, 2.24) is 10.2 Å². The molecular formula is C16H18F4N2O2. The highest BCUT2D eigenvalue weighted by atomic mass is 19.4. The van der Waals surface area contributed by atoms with E-state index in [2.05, 4.69) is 20.9 Å². The van der Waals surface area contributed by atoms with Gasteiger partial charge in [-0.15, -0.1) is 19.6 Å². The molecule has 24 heavy (non-hydrogen) atoms. The van der Waals surface area contributed by atoms with E-state index in [1.807, 2.05) is 0 Å². The van der Waals surface area contributed by atoms with Crippen molar-refractivity contribution < 1.29 is 27.0 Å². The van der Waals surface area contributed by atoms with Gasteiger partial charge in [-0.25, -0.2) is 4.39 Å². The topological polar surface area (TPSA) is 33.7 Å². The summed E-state index contributed by atoms with van der Waals surface area (Å²) < 4.78 is 59.2. The van der Waals surface area contributed by atoms with Gasteiger partial charge in [-0.3, -0.25) is 4.90 Å². The highest BCUT2D eigenvalue weighted by Crippen LogP contribution is 2.26. The van der Waals surface area contributed by atoms with E-state index in [1.54, 1.807) is 0 Å². The Balaban J connectivity index is 2.00. The monoisotopic (exact) mass is 346 g/mol. The van der Waals surface area contributed by atoms with Crippen molar-refractivity contribution in [2.24, 2.45) is 0 Å². The van der Waals surface area contributed by atoms with Crippen molar-refractivity contribution in [3.8, 4) is 18.1 Å². The molecule has 0 spiro atoms. The molecular weight excluding hydrogens is 328 g/mol. The smallest absolute Gasteiger partial charge is 0.403 e. The summed E-state index contributed by atoms with van der Waals surface area (Å²) in [5.41, 5.74) is 0.561. The van der Waals surface area contributed by atoms with Crippen LogP contribution < -0.4 is 10.1 Å². The average Bonchev–Trinajstić information content (AvgIpc) is 2.51. The van der Waals surface area contributed by atoms with E-state index in [0.29, 0.717) is 31.8 Å². The molecule has 1 fully saturated rings. The quantitative estimate of drug-likeness (QED) is 0.486. The summed E-state index contributed by atoms with van der Waals surface area (Å²) in [6.45, 7) is 3.21. The van der Waals surface area contributed by atoms with Gasteiger partial charge >= 0.3 is 6.36 Å². The molecule has 4 nitrogen and oxygen atoms in total. The van der Waals surface area contributed by atoms with Crippen LogP contribution in [0, 0.1) is 18.2 Å². The molecule has 1 heterocycles. The molecule has 1 atom stereocenters. The van der Waals surface area contributed by atoms with E-state index in [9.17, 15) is 17.6 Å². The van der Waals surface area contributed by atoms with Crippen LogP contribution in [0.5, 0.6) is 5.75 Å². The van der Waals surface area contributed by atoms with Crippen LogP contribution in [0.1, 0.15) is 5.56 Å². The average molecular weight is 346 g/mol. The minimum atomic E-state index is -4.92. The largest absolute Gasteiger partial charge is 0.573 e. The van der Waals surface area contributed by atoms with Gasteiger partial charge in [0.2, 0.25) is 0 Å². The van der Waals surface area contributed by atoms with E-state index in [1.165, 1.54) is 6.07 Å². The summed E-state index contributed by atoms with van der Waals surface area (Å²) in [5, 5.41) is 3.23. The highest BCUT2D eigenvalue weighted by molar-refractivity contribution is 5.29. The number of nitrogens with zero attached hydrogens (tertiary/aromatic N) is 1. The van der Waals surface area contributed by atoms with Crippen LogP contribution in [-0.2, 0) is 11.3 Å². The van der Waals surface area contributed by atoms with E-state index in [-0.39, 0.29) is 12.6 Å². The number of halogens is 4. The van der Waals surface area contributed by atoms with E-state index < -0.39 is 17.9 Å². The van der Waals surface area contributed by atoms with E-state index >= 15 is 0 Å². The van der Waals surface area contributed by atoms with Gasteiger partial charge in [0.25, 0.3) is 0 Å². The fourth-order valence-corrected chi connectivity index (χ4v) is 2.51. The number of hydrogen-bond acceptors (Lipinski definition) is 4. The zero-order chi connectivity index (χ0) is 17.6. The van der Waals surface area contributed by atoms with Crippen molar-refractivity contribution in [2.75, 3.05) is 32.8 Å². The summed E-state index contributed by atoms with van der Waals surface area (Å²) in [4.78, 5) is 2.08. The van der Waals surface area contributed by atoms with Gasteiger partial charge in [0.15, 0.2) is 11.6 Å². The lowest BCUT2D eigenvalue weighted by Gasteiger charge is -2.36. The van der Waals surface area contributed by atoms with Crippen molar-refractivity contribution in [2.45, 2.75) is 18.9 Å². The van der Waals surface area contributed by atoms with Crippen LogP contribution in [0.4, 0.5) is 17.6 Å². The number of nitrogens with one attached hydrogen (secondary N) is 1. The number of piperazine rings is 1. The van der Waals surface area contributed by atoms with Crippen molar-refractivity contribution in [1.29, 1.82) is 0 Å². The summed E-state index contributed by atoms with van der Waals surface area (Å²) in [6, 6.07) is 3.53. The molecule has 1 aromatic carbocycles. The maximum absolute atomic E-state index is 13.8. The van der Waals surface area contributed by atoms with Gasteiger partial charge in [0, 0.05) is 32.2 Å². The Morgan fingerprint density at radius 1 is 1.38 bits per heavy atom. The third-order valence-electron chi connectivity index (χ3n) is 3.58. The lowest BCUT2D eigenvalue weighted by molar-refractivity contribution is -0.275. The molecule has 1 aliphatic rings. The first-order valence-corrected chi connectivity index (χ1v) is 7.39. The number of ether oxygens (including phenoxy) is 2. The van der Waals surface area contributed by atoms with Crippen LogP contribution in [0.2, 0.25) is 0 Å². The molecule has 1 aromatic rings. The summed E-state index contributed by atoms with van der Waals surface area (Å²) in [6.07, 6.45) is 0.223. The number of alkyl halides is 3. The van der Waals surface area contributed by atoms with Crippen LogP contribution in [-0.4, -0.2) is 50.2 Å². The van der Waals surface area contributed by atoms with Crippen molar-refractivity contribution in [3.05, 3.63) is 29.6 Å². The lowest BCUT2D eigenvalue weighted by atomic mass is 10.1. The predicted octanol–water partition coefficient (Wildman–Crippen LogP) is 2.15. The molecule has 0 saturated carbocycles. The maximum Gasteiger partial charge on any atom is 0.573 e. The molecule has 0 amide bonds. The third-order valence-corrected chi connectivity index (χ3v) is 3.58. The van der Waals surface area contributed by atoms with Gasteiger partial charge < -0.3 is 14.8 Å². The molecule has 1 aliphatic heterocycles. The highest BCUT2D eigenvalue weighted by Gasteiger charge is 2.32. The molecule has 132 valence electrons. The molecule has 0 bridgehead atoms. The Labute approximate surface area is 137 Å². The fourth-order valence-electron chi connectivity index (χ4n) is 2.51. The fraction of sp³-hybridized carbons (Fsp3) is 0.500. The molecule has 1 N–H and O–H groups in total. The summed E-state index contributed by atoms with van der Waals surface area (Å²) in [5.74, 6) is 0.513. The van der Waals surface area contributed by atoms with Crippen LogP contribution >= 0.6 is 0 Å². The molecule has 8 heteroatoms. The molecule has 1 unspecified atom stereocenters. The van der Waals surface area contributed by atoms with Gasteiger partial charge in [-0.1, -0.05) is 12.0 Å². The predicted molar refractivity (Wildman–Crippen MR) is 79.8 cm³/mol. The normalized spacial score (nSPS) is 19.0. The van der Waals surface area contributed by atoms with Crippen LogP contribution in [0.15, 0.2) is 18.2 Å². The zero-order valence-corrected chi connectivity index (χ0v) is 12.9. The molecule has 0 radical (unpaired) electrons. The zero-order valence-electron chi connectivity index (χ0n) is 12.9. The van der Waals surface area contributed by atoms with E-state index in [0.717, 1.165) is 18.7 Å². The maximum atomic E-state index is 13.8. The standard InChI is InChI=1S/C16H18F4N2O2/c1-2-7-23-11-13-9-21-5-6-22(13)10-12-3-4-15(14(17)8-12)24-16(18,19)20/h1,3-4,8,13,21H,5-7,9-11H2. The molecule has 1 saturated heterocycles. The molecule has 2 rings (SSSR count). The Kier molecular flexibility index (Phi) is 6.43.